The van der Waals surface area contributed by atoms with Gasteiger partial charge in [-0.1, -0.05) is 6.07 Å². The topological polar surface area (TPSA) is 62.3 Å². The highest BCUT2D eigenvalue weighted by atomic mass is 32.1. The van der Waals surface area contributed by atoms with Crippen molar-refractivity contribution in [2.45, 2.75) is 19.3 Å². The number of benzene rings is 1. The Morgan fingerprint density at radius 3 is 2.74 bits per heavy atom. The number of amides is 2. The maximum Gasteiger partial charge on any atom is 0.273 e. The number of nitrogens with zero attached hydrogens (tertiary/aromatic N) is 2. The van der Waals surface area contributed by atoms with Gasteiger partial charge in [-0.15, -0.1) is 11.3 Å². The minimum absolute atomic E-state index is 0.104. The first-order valence-electron chi connectivity index (χ1n) is 7.45. The lowest BCUT2D eigenvalue weighted by Crippen LogP contribution is -2.35. The third-order valence-corrected chi connectivity index (χ3v) is 4.43. The Morgan fingerprint density at radius 1 is 1.22 bits per heavy atom. The van der Waals surface area contributed by atoms with Crippen molar-refractivity contribution in [3.05, 3.63) is 46.7 Å². The maximum atomic E-state index is 13.1. The molecule has 1 aromatic heterocycles. The van der Waals surface area contributed by atoms with Crippen LogP contribution in [0.4, 0.5) is 9.52 Å². The second-order valence-corrected chi connectivity index (χ2v) is 6.21. The van der Waals surface area contributed by atoms with E-state index in [4.69, 9.17) is 0 Å². The van der Waals surface area contributed by atoms with Crippen molar-refractivity contribution in [3.63, 3.8) is 0 Å². The molecule has 0 atom stereocenters. The van der Waals surface area contributed by atoms with Crippen LogP contribution in [0.1, 0.15) is 40.1 Å². The van der Waals surface area contributed by atoms with Crippen LogP contribution in [0.3, 0.4) is 0 Å². The molecule has 0 bridgehead atoms. The van der Waals surface area contributed by atoms with Crippen molar-refractivity contribution in [3.8, 4) is 0 Å². The second-order valence-electron chi connectivity index (χ2n) is 5.36. The average Bonchev–Trinajstić information content (AvgIpc) is 3.03. The van der Waals surface area contributed by atoms with Crippen LogP contribution >= 0.6 is 11.3 Å². The Balaban J connectivity index is 1.67. The molecule has 1 saturated heterocycles. The first-order chi connectivity index (χ1) is 11.1. The van der Waals surface area contributed by atoms with Gasteiger partial charge in [0.25, 0.3) is 11.8 Å². The van der Waals surface area contributed by atoms with Crippen LogP contribution < -0.4 is 5.32 Å². The quantitative estimate of drug-likeness (QED) is 0.938. The number of rotatable bonds is 3. The van der Waals surface area contributed by atoms with E-state index >= 15 is 0 Å². The molecule has 0 aliphatic carbocycles. The number of likely N-dealkylation sites (tertiary alicyclic amines) is 1. The van der Waals surface area contributed by atoms with Gasteiger partial charge < -0.3 is 4.90 Å². The van der Waals surface area contributed by atoms with Gasteiger partial charge in [0.05, 0.1) is 0 Å². The van der Waals surface area contributed by atoms with Gasteiger partial charge in [0.15, 0.2) is 5.13 Å². The van der Waals surface area contributed by atoms with Gasteiger partial charge in [-0.3, -0.25) is 14.9 Å². The summed E-state index contributed by atoms with van der Waals surface area (Å²) in [5.74, 6) is -1.03. The molecular formula is C16H16FN3O2S. The molecule has 7 heteroatoms. The highest BCUT2D eigenvalue weighted by molar-refractivity contribution is 7.14. The van der Waals surface area contributed by atoms with Gasteiger partial charge in [-0.2, -0.15) is 0 Å². The number of aromatic nitrogens is 1. The van der Waals surface area contributed by atoms with Gasteiger partial charge in [-0.05, 0) is 37.5 Å². The van der Waals surface area contributed by atoms with Gasteiger partial charge >= 0.3 is 0 Å². The van der Waals surface area contributed by atoms with Crippen LogP contribution in [0.5, 0.6) is 0 Å². The van der Waals surface area contributed by atoms with Crippen molar-refractivity contribution in [1.82, 2.24) is 9.88 Å². The Hall–Kier alpha value is -2.28. The van der Waals surface area contributed by atoms with Gasteiger partial charge in [0.1, 0.15) is 11.5 Å². The van der Waals surface area contributed by atoms with Crippen molar-refractivity contribution in [1.29, 1.82) is 0 Å². The van der Waals surface area contributed by atoms with Crippen molar-refractivity contribution < 1.29 is 14.0 Å². The van der Waals surface area contributed by atoms with E-state index in [9.17, 15) is 14.0 Å². The lowest BCUT2D eigenvalue weighted by molar-refractivity contribution is 0.0719. The average molecular weight is 333 g/mol. The van der Waals surface area contributed by atoms with Gasteiger partial charge in [-0.25, -0.2) is 9.37 Å². The fourth-order valence-corrected chi connectivity index (χ4v) is 3.17. The molecule has 2 heterocycles. The number of carbonyl (C=O) groups is 2. The third kappa shape index (κ3) is 3.73. The van der Waals surface area contributed by atoms with Crippen molar-refractivity contribution >= 4 is 28.3 Å². The number of hydrogen-bond donors (Lipinski definition) is 1. The highest BCUT2D eigenvalue weighted by Gasteiger charge is 2.21. The van der Waals surface area contributed by atoms with E-state index in [-0.39, 0.29) is 11.5 Å². The number of nitrogens with one attached hydrogen (secondary N) is 1. The molecule has 0 radical (unpaired) electrons. The molecule has 1 N–H and O–H groups in total. The molecular weight excluding hydrogens is 317 g/mol. The van der Waals surface area contributed by atoms with Crippen molar-refractivity contribution in [2.75, 3.05) is 18.4 Å². The van der Waals surface area contributed by atoms with E-state index in [0.717, 1.165) is 38.4 Å². The standard InChI is InChI=1S/C16H16FN3O2S/c17-12-6-4-5-11(9-12)14(21)19-16-18-13(10-23-16)15(22)20-7-2-1-3-8-20/h4-6,9-10H,1-3,7-8H2,(H,18,19,21). The summed E-state index contributed by atoms with van der Waals surface area (Å²) >= 11 is 1.18. The smallest absolute Gasteiger partial charge is 0.273 e. The SMILES string of the molecule is O=C(Nc1nc(C(=O)N2CCCCC2)cs1)c1cccc(F)c1. The number of piperidine rings is 1. The maximum absolute atomic E-state index is 13.1. The van der Waals surface area contributed by atoms with Crippen LogP contribution in [0.25, 0.3) is 0 Å². The van der Waals surface area contributed by atoms with Crippen LogP contribution in [0.15, 0.2) is 29.6 Å². The molecule has 0 saturated carbocycles. The zero-order valence-corrected chi connectivity index (χ0v) is 13.2. The predicted molar refractivity (Wildman–Crippen MR) is 86.2 cm³/mol. The second kappa shape index (κ2) is 6.87. The monoisotopic (exact) mass is 333 g/mol. The summed E-state index contributed by atoms with van der Waals surface area (Å²) in [4.78, 5) is 30.3. The molecule has 1 aliphatic heterocycles. The molecule has 23 heavy (non-hydrogen) atoms. The Kier molecular flexibility index (Phi) is 4.66. The largest absolute Gasteiger partial charge is 0.337 e. The summed E-state index contributed by atoms with van der Waals surface area (Å²) in [5, 5.41) is 4.56. The Bertz CT molecular complexity index is 726. The minimum Gasteiger partial charge on any atom is -0.337 e. The number of thiazole rings is 1. The third-order valence-electron chi connectivity index (χ3n) is 3.67. The predicted octanol–water partition coefficient (Wildman–Crippen LogP) is 3.16. The summed E-state index contributed by atoms with van der Waals surface area (Å²) in [6.45, 7) is 1.50. The number of halogens is 1. The minimum atomic E-state index is -0.474. The molecule has 1 aliphatic rings. The normalized spacial score (nSPS) is 14.6. The van der Waals surface area contributed by atoms with Crippen LogP contribution in [0.2, 0.25) is 0 Å². The lowest BCUT2D eigenvalue weighted by Gasteiger charge is -2.25. The molecule has 3 rings (SSSR count). The molecule has 2 aromatic rings. The summed E-state index contributed by atoms with van der Waals surface area (Å²) in [5.41, 5.74) is 0.551. The zero-order chi connectivity index (χ0) is 16.2. The first kappa shape index (κ1) is 15.6. The molecule has 1 aromatic carbocycles. The summed E-state index contributed by atoms with van der Waals surface area (Å²) in [6, 6.07) is 5.42. The summed E-state index contributed by atoms with van der Waals surface area (Å²) in [6.07, 6.45) is 3.17. The molecule has 120 valence electrons. The van der Waals surface area contributed by atoms with E-state index in [1.165, 1.54) is 29.5 Å². The first-order valence-corrected chi connectivity index (χ1v) is 8.33. The zero-order valence-electron chi connectivity index (χ0n) is 12.4. The fraction of sp³-hybridized carbons (Fsp3) is 0.312. The number of anilines is 1. The van der Waals surface area contributed by atoms with Crippen molar-refractivity contribution in [2.24, 2.45) is 0 Å². The lowest BCUT2D eigenvalue weighted by atomic mass is 10.1. The Labute approximate surface area is 137 Å². The van der Waals surface area contributed by atoms with Crippen LogP contribution in [0, 0.1) is 5.82 Å². The van der Waals surface area contributed by atoms with Crippen LogP contribution in [-0.2, 0) is 0 Å². The molecule has 2 amide bonds. The van der Waals surface area contributed by atoms with E-state index < -0.39 is 11.7 Å². The fourth-order valence-electron chi connectivity index (χ4n) is 2.49. The number of hydrogen-bond acceptors (Lipinski definition) is 4. The summed E-state index contributed by atoms with van der Waals surface area (Å²) in [7, 11) is 0. The van der Waals surface area contributed by atoms with E-state index in [1.807, 2.05) is 0 Å². The number of carbonyl (C=O) groups excluding carboxylic acids is 2. The molecule has 1 fully saturated rings. The van der Waals surface area contributed by atoms with E-state index in [1.54, 1.807) is 10.3 Å². The molecule has 5 nitrogen and oxygen atoms in total. The van der Waals surface area contributed by atoms with Gasteiger partial charge in [0.2, 0.25) is 0 Å². The van der Waals surface area contributed by atoms with E-state index in [2.05, 4.69) is 10.3 Å². The molecule has 0 unspecified atom stereocenters. The highest BCUT2D eigenvalue weighted by Crippen LogP contribution is 2.19. The summed E-state index contributed by atoms with van der Waals surface area (Å²) < 4.78 is 13.1. The van der Waals surface area contributed by atoms with Gasteiger partial charge in [0, 0.05) is 24.0 Å². The molecule has 0 spiro atoms. The van der Waals surface area contributed by atoms with Crippen LogP contribution in [-0.4, -0.2) is 34.8 Å². The Morgan fingerprint density at radius 2 is 2.00 bits per heavy atom. The van der Waals surface area contributed by atoms with E-state index in [0.29, 0.717) is 10.8 Å².